The molecule has 0 N–H and O–H groups in total. The second-order valence-corrected chi connectivity index (χ2v) is 3.41. The van der Waals surface area contributed by atoms with Gasteiger partial charge < -0.3 is 0 Å². The molecule has 4 nitrogen and oxygen atoms in total. The molecule has 0 atom stereocenters. The van der Waals surface area contributed by atoms with E-state index >= 15 is 0 Å². The van der Waals surface area contributed by atoms with Crippen molar-refractivity contribution in [2.75, 3.05) is 0 Å². The molecule has 0 unspecified atom stereocenters. The van der Waals surface area contributed by atoms with Gasteiger partial charge in [-0.1, -0.05) is 15.9 Å². The molecule has 0 saturated carbocycles. The van der Waals surface area contributed by atoms with Gasteiger partial charge in [-0.05, 0) is 12.5 Å². The van der Waals surface area contributed by atoms with Crippen LogP contribution in [0.5, 0.6) is 0 Å². The summed E-state index contributed by atoms with van der Waals surface area (Å²) in [7, 11) is 0. The zero-order valence-corrected chi connectivity index (χ0v) is 9.29. The Kier molecular flexibility index (Phi) is 3.67. The van der Waals surface area contributed by atoms with Crippen LogP contribution in [-0.2, 0) is 5.33 Å². The summed E-state index contributed by atoms with van der Waals surface area (Å²) >= 11 is 2.97. The lowest BCUT2D eigenvalue weighted by Gasteiger charge is -2.06. The van der Waals surface area contributed by atoms with Crippen LogP contribution < -0.4 is 0 Å². The second-order valence-electron chi connectivity index (χ2n) is 2.85. The summed E-state index contributed by atoms with van der Waals surface area (Å²) in [5, 5.41) is 10.6. The maximum Gasteiger partial charge on any atom is 0.291 e. The summed E-state index contributed by atoms with van der Waals surface area (Å²) in [6, 6.07) is 1.12. The summed E-state index contributed by atoms with van der Waals surface area (Å²) in [6.45, 7) is 1.37. The van der Waals surface area contributed by atoms with E-state index in [1.807, 2.05) is 0 Å². The average Bonchev–Trinajstić information content (AvgIpc) is 2.16. The van der Waals surface area contributed by atoms with Crippen LogP contribution in [0.15, 0.2) is 6.07 Å². The van der Waals surface area contributed by atoms with Crippen molar-refractivity contribution in [3.8, 4) is 0 Å². The Bertz CT molecular complexity index is 398. The van der Waals surface area contributed by atoms with E-state index < -0.39 is 17.0 Å². The minimum atomic E-state index is -2.72. The first-order valence-electron chi connectivity index (χ1n) is 3.96. The van der Waals surface area contributed by atoms with Crippen molar-refractivity contribution in [3.05, 3.63) is 33.1 Å². The first kappa shape index (κ1) is 12.0. The van der Waals surface area contributed by atoms with Crippen LogP contribution in [0, 0.1) is 17.0 Å². The van der Waals surface area contributed by atoms with E-state index in [0.29, 0.717) is 0 Å². The van der Waals surface area contributed by atoms with Crippen LogP contribution in [0.4, 0.5) is 14.5 Å². The summed E-state index contributed by atoms with van der Waals surface area (Å²) in [6.07, 6.45) is -2.72. The number of rotatable bonds is 3. The number of alkyl halides is 3. The standard InChI is InChI=1S/C8H7BrF2N2O2/c1-4-2-6(13(14)15)5(3-9)12-7(4)8(10)11/h2,8H,3H2,1H3. The Balaban J connectivity index is 3.35. The fourth-order valence-electron chi connectivity index (χ4n) is 1.13. The molecule has 15 heavy (non-hydrogen) atoms. The maximum absolute atomic E-state index is 12.4. The molecule has 0 spiro atoms. The highest BCUT2D eigenvalue weighted by atomic mass is 79.9. The van der Waals surface area contributed by atoms with Crippen molar-refractivity contribution in [2.24, 2.45) is 0 Å². The van der Waals surface area contributed by atoms with Crippen LogP contribution >= 0.6 is 15.9 Å². The SMILES string of the molecule is Cc1cc([N+](=O)[O-])c(CBr)nc1C(F)F. The molecular weight excluding hydrogens is 274 g/mol. The molecule has 82 valence electrons. The number of pyridine rings is 1. The molecule has 1 aromatic heterocycles. The Morgan fingerprint density at radius 2 is 2.27 bits per heavy atom. The molecule has 0 aliphatic heterocycles. The van der Waals surface area contributed by atoms with Crippen molar-refractivity contribution in [2.45, 2.75) is 18.7 Å². The van der Waals surface area contributed by atoms with Crippen molar-refractivity contribution >= 4 is 21.6 Å². The molecule has 0 radical (unpaired) electrons. The van der Waals surface area contributed by atoms with E-state index in [4.69, 9.17) is 0 Å². The number of aryl methyl sites for hydroxylation is 1. The molecule has 0 bridgehead atoms. The number of nitro groups is 1. The van der Waals surface area contributed by atoms with Crippen LogP contribution in [0.25, 0.3) is 0 Å². The van der Waals surface area contributed by atoms with Crippen molar-refractivity contribution in [3.63, 3.8) is 0 Å². The van der Waals surface area contributed by atoms with Crippen molar-refractivity contribution < 1.29 is 13.7 Å². The molecule has 1 heterocycles. The van der Waals surface area contributed by atoms with Crippen LogP contribution in [0.1, 0.15) is 23.4 Å². The third-order valence-corrected chi connectivity index (χ3v) is 2.37. The monoisotopic (exact) mass is 280 g/mol. The van der Waals surface area contributed by atoms with E-state index in [-0.39, 0.29) is 22.3 Å². The predicted octanol–water partition coefficient (Wildman–Crippen LogP) is 3.13. The summed E-state index contributed by atoms with van der Waals surface area (Å²) in [5.41, 5.74) is -0.508. The number of halogens is 3. The van der Waals surface area contributed by atoms with Crippen molar-refractivity contribution in [1.82, 2.24) is 4.98 Å². The van der Waals surface area contributed by atoms with Crippen LogP contribution in [0.2, 0.25) is 0 Å². The molecule has 1 aromatic rings. The Morgan fingerprint density at radius 1 is 1.67 bits per heavy atom. The highest BCUT2D eigenvalue weighted by Gasteiger charge is 2.21. The Labute approximate surface area is 92.6 Å². The first-order valence-corrected chi connectivity index (χ1v) is 5.08. The second kappa shape index (κ2) is 4.61. The van der Waals surface area contributed by atoms with Gasteiger partial charge in [-0.3, -0.25) is 10.1 Å². The maximum atomic E-state index is 12.4. The summed E-state index contributed by atoms with van der Waals surface area (Å²) < 4.78 is 24.9. The summed E-state index contributed by atoms with van der Waals surface area (Å²) in [4.78, 5) is 13.5. The van der Waals surface area contributed by atoms with Gasteiger partial charge in [0.15, 0.2) is 0 Å². The Hall–Kier alpha value is -1.11. The van der Waals surface area contributed by atoms with Gasteiger partial charge in [-0.15, -0.1) is 0 Å². The topological polar surface area (TPSA) is 56.0 Å². The zero-order chi connectivity index (χ0) is 11.6. The van der Waals surface area contributed by atoms with Gasteiger partial charge in [-0.25, -0.2) is 13.8 Å². The van der Waals surface area contributed by atoms with Gasteiger partial charge in [0.1, 0.15) is 11.4 Å². The third-order valence-electron chi connectivity index (χ3n) is 1.84. The molecule has 0 amide bonds. The quantitative estimate of drug-likeness (QED) is 0.486. The predicted molar refractivity (Wildman–Crippen MR) is 53.2 cm³/mol. The molecule has 0 fully saturated rings. The normalized spacial score (nSPS) is 10.7. The first-order chi connectivity index (χ1) is 6.97. The lowest BCUT2D eigenvalue weighted by atomic mass is 10.2. The zero-order valence-electron chi connectivity index (χ0n) is 7.71. The number of hydrogen-bond donors (Lipinski definition) is 0. The van der Waals surface area contributed by atoms with E-state index in [1.54, 1.807) is 0 Å². The molecular formula is C8H7BrF2N2O2. The van der Waals surface area contributed by atoms with Gasteiger partial charge in [0.05, 0.1) is 10.3 Å². The third kappa shape index (κ3) is 2.47. The summed E-state index contributed by atoms with van der Waals surface area (Å²) in [5.74, 6) is 0. The van der Waals surface area contributed by atoms with Gasteiger partial charge in [0, 0.05) is 6.07 Å². The molecule has 0 saturated heterocycles. The molecule has 7 heteroatoms. The van der Waals surface area contributed by atoms with Crippen LogP contribution in [-0.4, -0.2) is 9.91 Å². The lowest BCUT2D eigenvalue weighted by molar-refractivity contribution is -0.385. The highest BCUT2D eigenvalue weighted by Crippen LogP contribution is 2.27. The van der Waals surface area contributed by atoms with Gasteiger partial charge in [-0.2, -0.15) is 0 Å². The minimum Gasteiger partial charge on any atom is -0.258 e. The average molecular weight is 281 g/mol. The lowest BCUT2D eigenvalue weighted by Crippen LogP contribution is -2.03. The molecule has 0 aliphatic rings. The number of hydrogen-bond acceptors (Lipinski definition) is 3. The fraction of sp³-hybridized carbons (Fsp3) is 0.375. The van der Waals surface area contributed by atoms with E-state index in [1.165, 1.54) is 6.92 Å². The van der Waals surface area contributed by atoms with E-state index in [2.05, 4.69) is 20.9 Å². The van der Waals surface area contributed by atoms with Gasteiger partial charge in [0.2, 0.25) is 0 Å². The van der Waals surface area contributed by atoms with Crippen LogP contribution in [0.3, 0.4) is 0 Å². The Morgan fingerprint density at radius 3 is 2.67 bits per heavy atom. The highest BCUT2D eigenvalue weighted by molar-refractivity contribution is 9.08. The fourth-order valence-corrected chi connectivity index (χ4v) is 1.54. The van der Waals surface area contributed by atoms with Crippen molar-refractivity contribution in [1.29, 1.82) is 0 Å². The number of nitrogens with zero attached hydrogens (tertiary/aromatic N) is 2. The minimum absolute atomic E-state index is 0.0147. The molecule has 0 aromatic carbocycles. The van der Waals surface area contributed by atoms with E-state index in [0.717, 1.165) is 6.07 Å². The number of aromatic nitrogens is 1. The smallest absolute Gasteiger partial charge is 0.258 e. The molecule has 0 aliphatic carbocycles. The largest absolute Gasteiger partial charge is 0.291 e. The van der Waals surface area contributed by atoms with E-state index in [9.17, 15) is 18.9 Å². The molecule has 1 rings (SSSR count). The van der Waals surface area contributed by atoms with Gasteiger partial charge >= 0.3 is 0 Å². The van der Waals surface area contributed by atoms with Gasteiger partial charge in [0.25, 0.3) is 12.1 Å².